The Morgan fingerprint density at radius 1 is 1.46 bits per heavy atom. The van der Waals surface area contributed by atoms with Crippen LogP contribution in [-0.4, -0.2) is 36.5 Å². The predicted octanol–water partition coefficient (Wildman–Crippen LogP) is 0.997. The van der Waals surface area contributed by atoms with Gasteiger partial charge in [0, 0.05) is 13.1 Å². The molecular weight excluding hydrogens is 164 g/mol. The van der Waals surface area contributed by atoms with Gasteiger partial charge in [0.15, 0.2) is 0 Å². The second-order valence-corrected chi connectivity index (χ2v) is 3.71. The summed E-state index contributed by atoms with van der Waals surface area (Å²) in [6.45, 7) is 6.91. The summed E-state index contributed by atoms with van der Waals surface area (Å²) < 4.78 is 0. The van der Waals surface area contributed by atoms with E-state index < -0.39 is 0 Å². The molecule has 0 spiro atoms. The standard InChI is InChI=1S/C10H20N2O/c1-3-6-11-9(2)10(13)12-7-4-5-8-12/h9,11H,3-8H2,1-2H3. The lowest BCUT2D eigenvalue weighted by Crippen LogP contribution is -2.43. The molecule has 1 aliphatic rings. The molecule has 0 aromatic heterocycles. The molecule has 1 rings (SSSR count). The number of hydrogen-bond donors (Lipinski definition) is 1. The largest absolute Gasteiger partial charge is 0.341 e. The molecule has 76 valence electrons. The molecule has 1 aliphatic heterocycles. The van der Waals surface area contributed by atoms with Crippen LogP contribution in [0.15, 0.2) is 0 Å². The highest BCUT2D eigenvalue weighted by Crippen LogP contribution is 2.08. The molecular formula is C10H20N2O. The van der Waals surface area contributed by atoms with Crippen molar-refractivity contribution in [1.29, 1.82) is 0 Å². The number of amides is 1. The number of carbonyl (C=O) groups is 1. The minimum atomic E-state index is -0.00181. The molecule has 1 heterocycles. The predicted molar refractivity (Wildman–Crippen MR) is 53.6 cm³/mol. The SMILES string of the molecule is CCCNC(C)C(=O)N1CCCC1. The minimum absolute atomic E-state index is 0.00181. The van der Waals surface area contributed by atoms with Crippen LogP contribution in [0.25, 0.3) is 0 Å². The molecule has 1 unspecified atom stereocenters. The maximum Gasteiger partial charge on any atom is 0.239 e. The Morgan fingerprint density at radius 2 is 2.08 bits per heavy atom. The van der Waals surface area contributed by atoms with Gasteiger partial charge in [-0.1, -0.05) is 6.92 Å². The summed E-state index contributed by atoms with van der Waals surface area (Å²) in [4.78, 5) is 13.7. The van der Waals surface area contributed by atoms with Gasteiger partial charge < -0.3 is 10.2 Å². The van der Waals surface area contributed by atoms with Crippen molar-refractivity contribution in [3.05, 3.63) is 0 Å². The molecule has 0 aromatic rings. The average Bonchev–Trinajstić information content (AvgIpc) is 2.65. The van der Waals surface area contributed by atoms with Crippen LogP contribution in [0.1, 0.15) is 33.1 Å². The number of carbonyl (C=O) groups excluding carboxylic acids is 1. The molecule has 0 aliphatic carbocycles. The van der Waals surface area contributed by atoms with Crippen LogP contribution in [0, 0.1) is 0 Å². The fourth-order valence-electron chi connectivity index (χ4n) is 1.66. The van der Waals surface area contributed by atoms with E-state index in [9.17, 15) is 4.79 Å². The van der Waals surface area contributed by atoms with Gasteiger partial charge in [-0.2, -0.15) is 0 Å². The summed E-state index contributed by atoms with van der Waals surface area (Å²) in [7, 11) is 0. The van der Waals surface area contributed by atoms with Gasteiger partial charge in [-0.15, -0.1) is 0 Å². The normalized spacial score (nSPS) is 19.1. The number of nitrogens with zero attached hydrogens (tertiary/aromatic N) is 1. The van der Waals surface area contributed by atoms with E-state index in [2.05, 4.69) is 12.2 Å². The zero-order chi connectivity index (χ0) is 9.68. The van der Waals surface area contributed by atoms with Crippen molar-refractivity contribution in [3.63, 3.8) is 0 Å². The van der Waals surface area contributed by atoms with E-state index in [0.717, 1.165) is 26.1 Å². The van der Waals surface area contributed by atoms with Gasteiger partial charge >= 0.3 is 0 Å². The first-order valence-corrected chi connectivity index (χ1v) is 5.28. The summed E-state index contributed by atoms with van der Waals surface area (Å²) in [5.41, 5.74) is 0. The Balaban J connectivity index is 2.28. The zero-order valence-electron chi connectivity index (χ0n) is 8.68. The van der Waals surface area contributed by atoms with Gasteiger partial charge in [0.2, 0.25) is 5.91 Å². The minimum Gasteiger partial charge on any atom is -0.341 e. The molecule has 3 heteroatoms. The van der Waals surface area contributed by atoms with Crippen LogP contribution in [0.3, 0.4) is 0 Å². The Hall–Kier alpha value is -0.570. The fraction of sp³-hybridized carbons (Fsp3) is 0.900. The number of hydrogen-bond acceptors (Lipinski definition) is 2. The lowest BCUT2D eigenvalue weighted by atomic mass is 10.3. The van der Waals surface area contributed by atoms with Gasteiger partial charge in [-0.3, -0.25) is 4.79 Å². The highest BCUT2D eigenvalue weighted by atomic mass is 16.2. The summed E-state index contributed by atoms with van der Waals surface area (Å²) >= 11 is 0. The first-order chi connectivity index (χ1) is 6.25. The second kappa shape index (κ2) is 5.22. The van der Waals surface area contributed by atoms with Crippen LogP contribution >= 0.6 is 0 Å². The van der Waals surface area contributed by atoms with E-state index in [-0.39, 0.29) is 11.9 Å². The topological polar surface area (TPSA) is 32.3 Å². The van der Waals surface area contributed by atoms with E-state index in [1.54, 1.807) is 0 Å². The number of likely N-dealkylation sites (tertiary alicyclic amines) is 1. The van der Waals surface area contributed by atoms with E-state index in [0.29, 0.717) is 0 Å². The first kappa shape index (κ1) is 10.5. The smallest absolute Gasteiger partial charge is 0.239 e. The summed E-state index contributed by atoms with van der Waals surface area (Å²) in [6.07, 6.45) is 3.43. The fourth-order valence-corrected chi connectivity index (χ4v) is 1.66. The van der Waals surface area contributed by atoms with E-state index in [4.69, 9.17) is 0 Å². The Morgan fingerprint density at radius 3 is 2.62 bits per heavy atom. The third-order valence-electron chi connectivity index (χ3n) is 2.49. The summed E-state index contributed by atoms with van der Waals surface area (Å²) in [5.74, 6) is 0.269. The van der Waals surface area contributed by atoms with E-state index >= 15 is 0 Å². The highest BCUT2D eigenvalue weighted by Gasteiger charge is 2.22. The quantitative estimate of drug-likeness (QED) is 0.707. The van der Waals surface area contributed by atoms with Crippen LogP contribution in [-0.2, 0) is 4.79 Å². The molecule has 1 fully saturated rings. The maximum atomic E-state index is 11.7. The highest BCUT2D eigenvalue weighted by molar-refractivity contribution is 5.81. The zero-order valence-corrected chi connectivity index (χ0v) is 8.68. The third-order valence-corrected chi connectivity index (χ3v) is 2.49. The second-order valence-electron chi connectivity index (χ2n) is 3.71. The molecule has 1 N–H and O–H groups in total. The van der Waals surface area contributed by atoms with Crippen molar-refractivity contribution in [3.8, 4) is 0 Å². The molecule has 3 nitrogen and oxygen atoms in total. The van der Waals surface area contributed by atoms with Crippen LogP contribution in [0.5, 0.6) is 0 Å². The summed E-state index contributed by atoms with van der Waals surface area (Å²) in [5, 5.41) is 3.22. The van der Waals surface area contributed by atoms with Gasteiger partial charge in [0.25, 0.3) is 0 Å². The molecule has 1 atom stereocenters. The molecule has 0 radical (unpaired) electrons. The number of rotatable bonds is 4. The Kier molecular flexibility index (Phi) is 4.22. The monoisotopic (exact) mass is 184 g/mol. The van der Waals surface area contributed by atoms with E-state index in [1.165, 1.54) is 12.8 Å². The van der Waals surface area contributed by atoms with Crippen LogP contribution < -0.4 is 5.32 Å². The first-order valence-electron chi connectivity index (χ1n) is 5.28. The van der Waals surface area contributed by atoms with Gasteiger partial charge in [-0.05, 0) is 32.7 Å². The van der Waals surface area contributed by atoms with Crippen LogP contribution in [0.4, 0.5) is 0 Å². The van der Waals surface area contributed by atoms with Gasteiger partial charge in [0.05, 0.1) is 6.04 Å². The molecule has 1 saturated heterocycles. The van der Waals surface area contributed by atoms with Crippen molar-refractivity contribution in [1.82, 2.24) is 10.2 Å². The Bertz CT molecular complexity index is 164. The van der Waals surface area contributed by atoms with Crippen molar-refractivity contribution in [2.75, 3.05) is 19.6 Å². The van der Waals surface area contributed by atoms with E-state index in [1.807, 2.05) is 11.8 Å². The molecule has 0 bridgehead atoms. The molecule has 0 saturated carbocycles. The summed E-state index contributed by atoms with van der Waals surface area (Å²) in [6, 6.07) is -0.00181. The maximum absolute atomic E-state index is 11.7. The molecule has 13 heavy (non-hydrogen) atoms. The lowest BCUT2D eigenvalue weighted by molar-refractivity contribution is -0.131. The number of nitrogens with one attached hydrogen (secondary N) is 1. The van der Waals surface area contributed by atoms with Gasteiger partial charge in [0.1, 0.15) is 0 Å². The van der Waals surface area contributed by atoms with Crippen molar-refractivity contribution in [2.45, 2.75) is 39.2 Å². The van der Waals surface area contributed by atoms with Crippen molar-refractivity contribution < 1.29 is 4.79 Å². The average molecular weight is 184 g/mol. The van der Waals surface area contributed by atoms with Gasteiger partial charge in [-0.25, -0.2) is 0 Å². The Labute approximate surface area is 80.5 Å². The molecule has 0 aromatic carbocycles. The van der Waals surface area contributed by atoms with Crippen molar-refractivity contribution in [2.24, 2.45) is 0 Å². The van der Waals surface area contributed by atoms with Crippen LogP contribution in [0.2, 0.25) is 0 Å². The third kappa shape index (κ3) is 2.99. The lowest BCUT2D eigenvalue weighted by Gasteiger charge is -2.20. The van der Waals surface area contributed by atoms with Crippen molar-refractivity contribution >= 4 is 5.91 Å². The molecule has 1 amide bonds.